The van der Waals surface area contributed by atoms with Crippen LogP contribution in [0.15, 0.2) is 63.8 Å². The lowest BCUT2D eigenvalue weighted by atomic mass is 10.1. The summed E-state index contributed by atoms with van der Waals surface area (Å²) in [7, 11) is 0. The van der Waals surface area contributed by atoms with E-state index in [2.05, 4.69) is 0 Å². The summed E-state index contributed by atoms with van der Waals surface area (Å²) in [5.41, 5.74) is 2.01. The predicted octanol–water partition coefficient (Wildman–Crippen LogP) is 2.33. The van der Waals surface area contributed by atoms with Crippen molar-refractivity contribution < 1.29 is 9.52 Å². The van der Waals surface area contributed by atoms with Gasteiger partial charge in [0.25, 0.3) is 0 Å². The van der Waals surface area contributed by atoms with Gasteiger partial charge in [0.1, 0.15) is 0 Å². The molecule has 1 N–H and O–H groups in total. The van der Waals surface area contributed by atoms with Crippen LogP contribution in [-0.2, 0) is 6.54 Å². The van der Waals surface area contributed by atoms with Crippen LogP contribution in [0.2, 0.25) is 0 Å². The highest BCUT2D eigenvalue weighted by Crippen LogP contribution is 2.18. The van der Waals surface area contributed by atoms with Crippen molar-refractivity contribution in [2.45, 2.75) is 12.6 Å². The Hall–Kier alpha value is -2.33. The van der Waals surface area contributed by atoms with Gasteiger partial charge in [-0.15, -0.1) is 0 Å². The monoisotopic (exact) mass is 255 g/mol. The van der Waals surface area contributed by atoms with Crippen LogP contribution in [-0.4, -0.2) is 9.67 Å². The number of hydrogen-bond acceptors (Lipinski definition) is 3. The van der Waals surface area contributed by atoms with Crippen molar-refractivity contribution in [2.24, 2.45) is 0 Å². The van der Waals surface area contributed by atoms with Crippen molar-refractivity contribution in [3.8, 4) is 0 Å². The first-order chi connectivity index (χ1) is 9.25. The average molecular weight is 255 g/mol. The van der Waals surface area contributed by atoms with Crippen LogP contribution in [0.25, 0.3) is 11.1 Å². The highest BCUT2D eigenvalue weighted by molar-refractivity contribution is 5.72. The van der Waals surface area contributed by atoms with Gasteiger partial charge >= 0.3 is 5.76 Å². The molecule has 19 heavy (non-hydrogen) atoms. The van der Waals surface area contributed by atoms with Crippen molar-refractivity contribution in [2.75, 3.05) is 0 Å². The van der Waals surface area contributed by atoms with Crippen LogP contribution in [0.5, 0.6) is 0 Å². The first-order valence-corrected chi connectivity index (χ1v) is 6.07. The quantitative estimate of drug-likeness (QED) is 0.781. The average Bonchev–Trinajstić information content (AvgIpc) is 2.76. The zero-order valence-corrected chi connectivity index (χ0v) is 10.2. The molecule has 0 amide bonds. The number of oxazole rings is 1. The third-order valence-corrected chi connectivity index (χ3v) is 3.11. The summed E-state index contributed by atoms with van der Waals surface area (Å²) >= 11 is 0. The largest absolute Gasteiger partial charge is 0.420 e. The molecule has 96 valence electrons. The summed E-state index contributed by atoms with van der Waals surface area (Å²) in [5.74, 6) is -0.448. The first kappa shape index (κ1) is 11.7. The summed E-state index contributed by atoms with van der Waals surface area (Å²) < 4.78 is 6.58. The smallest absolute Gasteiger partial charge is 0.408 e. The molecule has 0 spiro atoms. The predicted molar refractivity (Wildman–Crippen MR) is 71.9 cm³/mol. The zero-order valence-electron chi connectivity index (χ0n) is 10.2. The van der Waals surface area contributed by atoms with Crippen LogP contribution in [0.1, 0.15) is 11.7 Å². The molecular formula is C15H13NO3. The molecule has 0 aliphatic rings. The fourth-order valence-corrected chi connectivity index (χ4v) is 2.14. The number of hydrogen-bond donors (Lipinski definition) is 1. The molecule has 0 fully saturated rings. The molecule has 0 bridgehead atoms. The Labute approximate surface area is 109 Å². The van der Waals surface area contributed by atoms with Crippen LogP contribution in [0.4, 0.5) is 0 Å². The van der Waals surface area contributed by atoms with Crippen LogP contribution in [0, 0.1) is 0 Å². The van der Waals surface area contributed by atoms with Crippen LogP contribution in [0.3, 0.4) is 0 Å². The molecule has 0 radical (unpaired) electrons. The number of aromatic nitrogens is 1. The van der Waals surface area contributed by atoms with Gasteiger partial charge in [0.05, 0.1) is 18.2 Å². The van der Waals surface area contributed by atoms with Crippen LogP contribution >= 0.6 is 0 Å². The molecule has 4 nitrogen and oxygen atoms in total. The maximum Gasteiger partial charge on any atom is 0.420 e. The van der Waals surface area contributed by atoms with Gasteiger partial charge in [0, 0.05) is 0 Å². The highest BCUT2D eigenvalue weighted by atomic mass is 16.4. The van der Waals surface area contributed by atoms with E-state index < -0.39 is 11.9 Å². The number of rotatable bonds is 3. The van der Waals surface area contributed by atoms with Crippen molar-refractivity contribution in [1.29, 1.82) is 0 Å². The molecule has 0 saturated carbocycles. The Morgan fingerprint density at radius 3 is 2.53 bits per heavy atom. The van der Waals surface area contributed by atoms with Gasteiger partial charge in [0.15, 0.2) is 5.58 Å². The van der Waals surface area contributed by atoms with E-state index in [1.54, 1.807) is 12.1 Å². The summed E-state index contributed by atoms with van der Waals surface area (Å²) in [4.78, 5) is 11.8. The van der Waals surface area contributed by atoms with Gasteiger partial charge in [-0.3, -0.25) is 4.57 Å². The maximum atomic E-state index is 11.8. The molecule has 4 heteroatoms. The SMILES string of the molecule is O=c1oc2ccccc2n1CC(O)c1ccccc1. The van der Waals surface area contributed by atoms with E-state index in [1.165, 1.54) is 4.57 Å². The Morgan fingerprint density at radius 1 is 1.05 bits per heavy atom. The molecule has 0 saturated heterocycles. The summed E-state index contributed by atoms with van der Waals surface area (Å²) in [5, 5.41) is 10.2. The minimum atomic E-state index is -0.736. The third kappa shape index (κ3) is 2.18. The number of nitrogens with zero attached hydrogens (tertiary/aromatic N) is 1. The van der Waals surface area contributed by atoms with E-state index in [0.717, 1.165) is 5.56 Å². The number of benzene rings is 2. The van der Waals surface area contributed by atoms with Crippen molar-refractivity contribution >= 4 is 11.1 Å². The summed E-state index contributed by atoms with van der Waals surface area (Å²) in [6.07, 6.45) is -0.736. The Balaban J connectivity index is 1.98. The minimum Gasteiger partial charge on any atom is -0.408 e. The Kier molecular flexibility index (Phi) is 2.93. The number of aliphatic hydroxyl groups excluding tert-OH is 1. The first-order valence-electron chi connectivity index (χ1n) is 6.07. The maximum absolute atomic E-state index is 11.8. The second-order valence-electron chi connectivity index (χ2n) is 4.37. The van der Waals surface area contributed by atoms with Gasteiger partial charge in [0.2, 0.25) is 0 Å². The van der Waals surface area contributed by atoms with Gasteiger partial charge < -0.3 is 9.52 Å². The van der Waals surface area contributed by atoms with E-state index in [4.69, 9.17) is 4.42 Å². The molecule has 1 heterocycles. The summed E-state index contributed by atoms with van der Waals surface area (Å²) in [6.45, 7) is 0.180. The molecule has 3 aromatic rings. The van der Waals surface area contributed by atoms with E-state index in [9.17, 15) is 9.90 Å². The third-order valence-electron chi connectivity index (χ3n) is 3.11. The molecule has 1 unspecified atom stereocenters. The van der Waals surface area contributed by atoms with Gasteiger partial charge in [-0.1, -0.05) is 42.5 Å². The van der Waals surface area contributed by atoms with Gasteiger partial charge in [-0.05, 0) is 17.7 Å². The molecule has 0 aliphatic heterocycles. The molecule has 1 atom stereocenters. The standard InChI is InChI=1S/C15H13NO3/c17-13(11-6-2-1-3-7-11)10-16-12-8-4-5-9-14(12)19-15(16)18/h1-9,13,17H,10H2. The van der Waals surface area contributed by atoms with Gasteiger partial charge in [-0.2, -0.15) is 0 Å². The molecular weight excluding hydrogens is 242 g/mol. The fraction of sp³-hybridized carbons (Fsp3) is 0.133. The number of fused-ring (bicyclic) bond motifs is 1. The van der Waals surface area contributed by atoms with E-state index >= 15 is 0 Å². The highest BCUT2D eigenvalue weighted by Gasteiger charge is 2.14. The molecule has 3 rings (SSSR count). The molecule has 1 aromatic heterocycles. The fourth-order valence-electron chi connectivity index (χ4n) is 2.14. The van der Waals surface area contributed by atoms with Crippen molar-refractivity contribution in [1.82, 2.24) is 4.57 Å². The Bertz CT molecular complexity index is 743. The topological polar surface area (TPSA) is 55.4 Å². The van der Waals surface area contributed by atoms with Crippen molar-refractivity contribution in [3.63, 3.8) is 0 Å². The molecule has 0 aliphatic carbocycles. The lowest BCUT2D eigenvalue weighted by molar-refractivity contribution is 0.155. The normalized spacial score (nSPS) is 12.7. The second-order valence-corrected chi connectivity index (χ2v) is 4.37. The van der Waals surface area contributed by atoms with Crippen molar-refractivity contribution in [3.05, 3.63) is 70.7 Å². The lowest BCUT2D eigenvalue weighted by Crippen LogP contribution is -2.18. The number of para-hydroxylation sites is 2. The van der Waals surface area contributed by atoms with Crippen LogP contribution < -0.4 is 5.76 Å². The molecule has 2 aromatic carbocycles. The second kappa shape index (κ2) is 4.74. The minimum absolute atomic E-state index is 0.180. The van der Waals surface area contributed by atoms with E-state index in [-0.39, 0.29) is 6.54 Å². The number of aliphatic hydroxyl groups is 1. The lowest BCUT2D eigenvalue weighted by Gasteiger charge is -2.11. The Morgan fingerprint density at radius 2 is 1.74 bits per heavy atom. The van der Waals surface area contributed by atoms with E-state index in [1.807, 2.05) is 42.5 Å². The zero-order chi connectivity index (χ0) is 13.2. The van der Waals surface area contributed by atoms with E-state index in [0.29, 0.717) is 11.1 Å². The summed E-state index contributed by atoms with van der Waals surface area (Å²) in [6, 6.07) is 16.4. The van der Waals surface area contributed by atoms with Gasteiger partial charge in [-0.25, -0.2) is 4.79 Å².